The molecule has 0 amide bonds. The number of aromatic nitrogens is 3. The molecule has 0 spiro atoms. The van der Waals surface area contributed by atoms with Gasteiger partial charge >= 0.3 is 0 Å². The van der Waals surface area contributed by atoms with Crippen molar-refractivity contribution in [3.8, 4) is 0 Å². The van der Waals surface area contributed by atoms with Gasteiger partial charge in [-0.1, -0.05) is 0 Å². The van der Waals surface area contributed by atoms with Gasteiger partial charge in [0, 0.05) is 44.0 Å². The number of nitrogens with zero attached hydrogens (tertiary/aromatic N) is 5. The van der Waals surface area contributed by atoms with Gasteiger partial charge < -0.3 is 15.1 Å². The van der Waals surface area contributed by atoms with Crippen LogP contribution in [-0.2, 0) is 16.4 Å². The smallest absolute Gasteiger partial charge is 0.227 e. The fourth-order valence-corrected chi connectivity index (χ4v) is 6.06. The molecule has 4 rings (SSSR count). The average molecular weight is 380 g/mol. The van der Waals surface area contributed by atoms with E-state index in [4.69, 9.17) is 0 Å². The first-order chi connectivity index (χ1) is 12.0. The molecule has 2 saturated heterocycles. The molecule has 2 atom stereocenters. The van der Waals surface area contributed by atoms with E-state index in [1.54, 1.807) is 23.7 Å². The van der Waals surface area contributed by atoms with E-state index in [0.717, 1.165) is 23.9 Å². The number of anilines is 2. The van der Waals surface area contributed by atoms with Crippen LogP contribution in [0.15, 0.2) is 23.8 Å². The molecule has 0 aliphatic carbocycles. The predicted molar refractivity (Wildman–Crippen MR) is 97.8 cm³/mol. The molecule has 0 radical (unpaired) electrons. The zero-order chi connectivity index (χ0) is 17.4. The van der Waals surface area contributed by atoms with Crippen LogP contribution in [-0.4, -0.2) is 67.1 Å². The van der Waals surface area contributed by atoms with Crippen molar-refractivity contribution < 1.29 is 8.42 Å². The Morgan fingerprint density at radius 3 is 3.04 bits per heavy atom. The lowest BCUT2D eigenvalue weighted by molar-refractivity contribution is 0.422. The van der Waals surface area contributed by atoms with Gasteiger partial charge in [0.2, 0.25) is 5.95 Å². The number of hydrogen-bond acceptors (Lipinski definition) is 9. The summed E-state index contributed by atoms with van der Waals surface area (Å²) in [5.74, 6) is 1.78. The van der Waals surface area contributed by atoms with Crippen LogP contribution in [0.25, 0.3) is 0 Å². The first-order valence-corrected chi connectivity index (χ1v) is 10.8. The van der Waals surface area contributed by atoms with Crippen molar-refractivity contribution in [2.24, 2.45) is 0 Å². The van der Waals surface area contributed by atoms with Crippen LogP contribution in [0.5, 0.6) is 0 Å². The van der Waals surface area contributed by atoms with Gasteiger partial charge in [-0.15, -0.1) is 11.3 Å². The highest BCUT2D eigenvalue weighted by molar-refractivity contribution is 7.91. The summed E-state index contributed by atoms with van der Waals surface area (Å²) < 4.78 is 24.0. The highest BCUT2D eigenvalue weighted by Crippen LogP contribution is 2.26. The van der Waals surface area contributed by atoms with E-state index in [1.807, 2.05) is 23.4 Å². The summed E-state index contributed by atoms with van der Waals surface area (Å²) >= 11 is 1.60. The van der Waals surface area contributed by atoms with E-state index < -0.39 is 9.84 Å². The van der Waals surface area contributed by atoms with Crippen molar-refractivity contribution in [3.05, 3.63) is 28.8 Å². The zero-order valence-corrected chi connectivity index (χ0v) is 15.5. The maximum atomic E-state index is 12.0. The van der Waals surface area contributed by atoms with Gasteiger partial charge in [0.05, 0.1) is 24.1 Å². The van der Waals surface area contributed by atoms with Crippen molar-refractivity contribution in [3.63, 3.8) is 0 Å². The molecular weight excluding hydrogens is 360 g/mol. The number of piperazine rings is 1. The fourth-order valence-electron chi connectivity index (χ4n) is 3.44. The lowest BCUT2D eigenvalue weighted by atomic mass is 10.1. The fraction of sp³-hybridized carbons (Fsp3) is 0.533. The second-order valence-electron chi connectivity index (χ2n) is 6.40. The van der Waals surface area contributed by atoms with E-state index in [0.29, 0.717) is 12.5 Å². The molecule has 8 nitrogen and oxygen atoms in total. The number of hydrogen-bond donors (Lipinski definition) is 1. The maximum absolute atomic E-state index is 12.0. The standard InChI is InChI=1S/C15H20N6O2S2/c1-20(8-14-17-5-7-24-14)15-18-3-2-13(19-15)21-6-4-16-11-9-25(22,23)10-12(11)21/h2-3,5,7,11-12,16H,4,6,8-10H2,1H3/t11-,12+/m0/s1. The van der Waals surface area contributed by atoms with Crippen LogP contribution < -0.4 is 15.1 Å². The molecule has 2 aromatic heterocycles. The van der Waals surface area contributed by atoms with Gasteiger partial charge in [0.25, 0.3) is 0 Å². The lowest BCUT2D eigenvalue weighted by Gasteiger charge is -2.38. The third-order valence-corrected chi connectivity index (χ3v) is 7.08. The molecule has 0 aromatic carbocycles. The van der Waals surface area contributed by atoms with Crippen LogP contribution in [0.4, 0.5) is 11.8 Å². The summed E-state index contributed by atoms with van der Waals surface area (Å²) in [6, 6.07) is 1.77. The Hall–Kier alpha value is -1.78. The minimum absolute atomic E-state index is 0.0230. The summed E-state index contributed by atoms with van der Waals surface area (Å²) in [5.41, 5.74) is 0. The number of thiazole rings is 1. The molecule has 134 valence electrons. The van der Waals surface area contributed by atoms with Crippen LogP contribution in [0.3, 0.4) is 0 Å². The molecule has 0 unspecified atom stereocenters. The van der Waals surface area contributed by atoms with Crippen molar-refractivity contribution in [2.75, 3.05) is 41.4 Å². The summed E-state index contributed by atoms with van der Waals surface area (Å²) in [7, 11) is -1.06. The average Bonchev–Trinajstić information content (AvgIpc) is 3.20. The second kappa shape index (κ2) is 6.50. The monoisotopic (exact) mass is 380 g/mol. The van der Waals surface area contributed by atoms with E-state index in [-0.39, 0.29) is 23.6 Å². The van der Waals surface area contributed by atoms with E-state index in [1.165, 1.54) is 0 Å². The molecule has 2 aromatic rings. The van der Waals surface area contributed by atoms with Gasteiger partial charge in [-0.2, -0.15) is 4.98 Å². The predicted octanol–water partition coefficient (Wildman–Crippen LogP) is 0.145. The third kappa shape index (κ3) is 3.46. The Morgan fingerprint density at radius 2 is 2.24 bits per heavy atom. The highest BCUT2D eigenvalue weighted by atomic mass is 32.2. The van der Waals surface area contributed by atoms with Crippen LogP contribution in [0, 0.1) is 0 Å². The van der Waals surface area contributed by atoms with Gasteiger partial charge in [0.15, 0.2) is 9.84 Å². The van der Waals surface area contributed by atoms with Crippen LogP contribution in [0.1, 0.15) is 5.01 Å². The Bertz CT molecular complexity index is 841. The minimum atomic E-state index is -3.00. The Morgan fingerprint density at radius 1 is 1.36 bits per heavy atom. The molecule has 1 N–H and O–H groups in total. The van der Waals surface area contributed by atoms with Crippen molar-refractivity contribution in [1.82, 2.24) is 20.3 Å². The Balaban J connectivity index is 1.56. The molecule has 25 heavy (non-hydrogen) atoms. The summed E-state index contributed by atoms with van der Waals surface area (Å²) in [5, 5.41) is 6.27. The van der Waals surface area contributed by atoms with Crippen LogP contribution in [0.2, 0.25) is 0 Å². The first kappa shape index (κ1) is 16.7. The second-order valence-corrected chi connectivity index (χ2v) is 9.53. The minimum Gasteiger partial charge on any atom is -0.350 e. The van der Waals surface area contributed by atoms with Gasteiger partial charge in [-0.05, 0) is 6.07 Å². The van der Waals surface area contributed by atoms with E-state index in [2.05, 4.69) is 25.2 Å². The summed E-state index contributed by atoms with van der Waals surface area (Å²) in [4.78, 5) is 17.4. The van der Waals surface area contributed by atoms with E-state index in [9.17, 15) is 8.42 Å². The zero-order valence-electron chi connectivity index (χ0n) is 13.9. The molecule has 2 fully saturated rings. The molecule has 2 aliphatic heterocycles. The molecule has 0 saturated carbocycles. The number of rotatable bonds is 4. The topological polar surface area (TPSA) is 91.3 Å². The normalized spacial score (nSPS) is 24.9. The first-order valence-electron chi connectivity index (χ1n) is 8.15. The number of nitrogens with one attached hydrogen (secondary N) is 1. The Kier molecular flexibility index (Phi) is 4.34. The molecule has 10 heteroatoms. The maximum Gasteiger partial charge on any atom is 0.227 e. The molecular formula is C15H20N6O2S2. The van der Waals surface area contributed by atoms with Crippen LogP contribution >= 0.6 is 11.3 Å². The summed E-state index contributed by atoms with van der Waals surface area (Å²) in [6.45, 7) is 2.14. The molecule has 0 bridgehead atoms. The SMILES string of the molecule is CN(Cc1nccs1)c1nccc(N2CCN[C@H]3CS(=O)(=O)C[C@H]32)n1. The van der Waals surface area contributed by atoms with Gasteiger partial charge in [-0.3, -0.25) is 0 Å². The number of sulfone groups is 1. The molecule has 2 aliphatic rings. The van der Waals surface area contributed by atoms with Crippen molar-refractivity contribution in [2.45, 2.75) is 18.6 Å². The quantitative estimate of drug-likeness (QED) is 0.801. The van der Waals surface area contributed by atoms with Crippen molar-refractivity contribution in [1.29, 1.82) is 0 Å². The van der Waals surface area contributed by atoms with Gasteiger partial charge in [0.1, 0.15) is 10.8 Å². The lowest BCUT2D eigenvalue weighted by Crippen LogP contribution is -2.57. The van der Waals surface area contributed by atoms with Gasteiger partial charge in [-0.25, -0.2) is 18.4 Å². The Labute approximate surface area is 150 Å². The highest BCUT2D eigenvalue weighted by Gasteiger charge is 2.43. The summed E-state index contributed by atoms with van der Waals surface area (Å²) in [6.07, 6.45) is 3.52. The van der Waals surface area contributed by atoms with E-state index >= 15 is 0 Å². The van der Waals surface area contributed by atoms with Crippen molar-refractivity contribution >= 4 is 32.9 Å². The molecule has 4 heterocycles. The third-order valence-electron chi connectivity index (χ3n) is 4.60. The largest absolute Gasteiger partial charge is 0.350 e. The number of fused-ring (bicyclic) bond motifs is 1.